The highest BCUT2D eigenvalue weighted by Crippen LogP contribution is 2.31. The van der Waals surface area contributed by atoms with Crippen LogP contribution in [-0.4, -0.2) is 16.7 Å². The Balaban J connectivity index is 1.93. The number of ether oxygens (including phenoxy) is 1. The van der Waals surface area contributed by atoms with Crippen LogP contribution in [0.5, 0.6) is 5.75 Å². The molecule has 6 nitrogen and oxygen atoms in total. The summed E-state index contributed by atoms with van der Waals surface area (Å²) in [6.45, 7) is 0.246. The van der Waals surface area contributed by atoms with E-state index >= 15 is 0 Å². The lowest BCUT2D eigenvalue weighted by Gasteiger charge is -2.08. The van der Waals surface area contributed by atoms with Gasteiger partial charge in [-0.3, -0.25) is 9.36 Å². The summed E-state index contributed by atoms with van der Waals surface area (Å²) in [6, 6.07) is 13.7. The third-order valence-electron chi connectivity index (χ3n) is 4.08. The van der Waals surface area contributed by atoms with Crippen LogP contribution in [0, 0.1) is 28.6 Å². The summed E-state index contributed by atoms with van der Waals surface area (Å²) >= 11 is 1.39. The molecule has 3 rings (SSSR count). The largest absolute Gasteiger partial charge is 0.497 e. The van der Waals surface area contributed by atoms with Crippen LogP contribution in [0.25, 0.3) is 20.7 Å². The number of fused-ring (bicyclic) bond motifs is 1. The van der Waals surface area contributed by atoms with Crippen LogP contribution in [0.1, 0.15) is 12.8 Å². The van der Waals surface area contributed by atoms with Gasteiger partial charge in [-0.05, 0) is 42.3 Å². The number of hydrogen-bond acceptors (Lipinski definition) is 6. The molecule has 0 unspecified atom stereocenters. The Morgan fingerprint density at radius 1 is 1.31 bits per heavy atom. The summed E-state index contributed by atoms with van der Waals surface area (Å²) in [7, 11) is 1.62. The van der Waals surface area contributed by atoms with Crippen LogP contribution in [0.15, 0.2) is 41.5 Å². The zero-order valence-corrected chi connectivity index (χ0v) is 15.0. The summed E-state index contributed by atoms with van der Waals surface area (Å²) in [5.74, 6) is 0.392. The Kier molecular flexibility index (Phi) is 5.31. The molecule has 0 bridgehead atoms. The average molecular weight is 364 g/mol. The van der Waals surface area contributed by atoms with Gasteiger partial charge in [0.2, 0.25) is 0 Å². The molecule has 7 heteroatoms. The molecule has 3 aromatic rings. The van der Waals surface area contributed by atoms with E-state index in [4.69, 9.17) is 10.00 Å². The number of methoxy groups -OCH3 is 1. The third kappa shape index (κ3) is 3.58. The van der Waals surface area contributed by atoms with Crippen LogP contribution in [-0.2, 0) is 6.54 Å². The van der Waals surface area contributed by atoms with Crippen molar-refractivity contribution in [2.75, 3.05) is 7.11 Å². The van der Waals surface area contributed by atoms with Crippen molar-refractivity contribution in [2.45, 2.75) is 19.4 Å². The molecule has 0 N–H and O–H groups in total. The highest BCUT2D eigenvalue weighted by atomic mass is 32.1. The molecular weight excluding hydrogens is 348 g/mol. The normalized spacial score (nSPS) is 11.7. The predicted molar refractivity (Wildman–Crippen MR) is 99.8 cm³/mol. The molecule has 1 atom stereocenters. The topological polar surface area (TPSA) is 91.7 Å². The molecule has 0 radical (unpaired) electrons. The molecule has 0 spiro atoms. The van der Waals surface area contributed by atoms with E-state index in [1.54, 1.807) is 7.11 Å². The van der Waals surface area contributed by atoms with Crippen LogP contribution >= 0.6 is 11.3 Å². The summed E-state index contributed by atoms with van der Waals surface area (Å²) < 4.78 is 7.19. The van der Waals surface area contributed by atoms with Crippen LogP contribution < -0.4 is 10.3 Å². The third-order valence-corrected chi connectivity index (χ3v) is 5.24. The molecule has 2 heterocycles. The number of nitrogens with zero attached hydrogens (tertiary/aromatic N) is 4. The fourth-order valence-electron chi connectivity index (χ4n) is 2.65. The van der Waals surface area contributed by atoms with E-state index in [1.165, 1.54) is 22.2 Å². The van der Waals surface area contributed by atoms with Crippen LogP contribution in [0.2, 0.25) is 0 Å². The van der Waals surface area contributed by atoms with Gasteiger partial charge in [0.25, 0.3) is 5.56 Å². The minimum absolute atomic E-state index is 0.156. The average Bonchev–Trinajstić information content (AvgIpc) is 3.12. The second kappa shape index (κ2) is 7.81. The fourth-order valence-corrected chi connectivity index (χ4v) is 3.71. The molecule has 0 fully saturated rings. The Morgan fingerprint density at radius 2 is 2.08 bits per heavy atom. The van der Waals surface area contributed by atoms with Gasteiger partial charge in [-0.2, -0.15) is 10.5 Å². The highest BCUT2D eigenvalue weighted by Gasteiger charge is 2.14. The molecule has 0 aliphatic carbocycles. The molecule has 0 saturated carbocycles. The van der Waals surface area contributed by atoms with Gasteiger partial charge >= 0.3 is 0 Å². The standard InChI is InChI=1S/C19H16N4O2S/c1-25-15-6-4-14(5-7-15)17-9-16-18(26-17)19(24)23(12-22-16)11-13(10-21)3-2-8-20/h4-7,9,12-13H,2-3,11H2,1H3/t13-/m1/s1. The number of rotatable bonds is 6. The number of hydrogen-bond donors (Lipinski definition) is 0. The molecule has 1 aromatic carbocycles. The molecule has 0 amide bonds. The predicted octanol–water partition coefficient (Wildman–Crippen LogP) is 3.58. The summed E-state index contributed by atoms with van der Waals surface area (Å²) in [4.78, 5) is 18.1. The smallest absolute Gasteiger partial charge is 0.271 e. The van der Waals surface area contributed by atoms with Crippen LogP contribution in [0.3, 0.4) is 0 Å². The maximum absolute atomic E-state index is 12.7. The van der Waals surface area contributed by atoms with E-state index in [1.807, 2.05) is 36.4 Å². The Morgan fingerprint density at radius 3 is 2.73 bits per heavy atom. The molecule has 0 aliphatic rings. The van der Waals surface area contributed by atoms with Gasteiger partial charge in [0.15, 0.2) is 0 Å². The van der Waals surface area contributed by atoms with E-state index in [-0.39, 0.29) is 18.0 Å². The van der Waals surface area contributed by atoms with Crippen molar-refractivity contribution >= 4 is 21.6 Å². The lowest BCUT2D eigenvalue weighted by molar-refractivity contribution is 0.415. The van der Waals surface area contributed by atoms with Gasteiger partial charge in [0.1, 0.15) is 10.4 Å². The number of aromatic nitrogens is 2. The first-order valence-corrected chi connectivity index (χ1v) is 8.88. The van der Waals surface area contributed by atoms with Gasteiger partial charge in [-0.1, -0.05) is 0 Å². The zero-order valence-electron chi connectivity index (χ0n) is 14.2. The van der Waals surface area contributed by atoms with Gasteiger partial charge in [-0.15, -0.1) is 11.3 Å². The maximum atomic E-state index is 12.7. The maximum Gasteiger partial charge on any atom is 0.271 e. The molecule has 0 aliphatic heterocycles. The zero-order chi connectivity index (χ0) is 18.5. The van der Waals surface area contributed by atoms with E-state index in [0.29, 0.717) is 23.1 Å². The first-order chi connectivity index (χ1) is 12.7. The number of thiophene rings is 1. The van der Waals surface area contributed by atoms with Crippen molar-refractivity contribution in [1.29, 1.82) is 10.5 Å². The van der Waals surface area contributed by atoms with Crippen molar-refractivity contribution in [3.05, 3.63) is 47.0 Å². The second-order valence-electron chi connectivity index (χ2n) is 5.78. The number of benzene rings is 1. The van der Waals surface area contributed by atoms with Gasteiger partial charge in [0.05, 0.1) is 37.0 Å². The molecule has 2 aromatic heterocycles. The number of nitriles is 2. The fraction of sp³-hybridized carbons (Fsp3) is 0.263. The van der Waals surface area contributed by atoms with Crippen molar-refractivity contribution in [2.24, 2.45) is 5.92 Å². The van der Waals surface area contributed by atoms with Gasteiger partial charge in [-0.25, -0.2) is 4.98 Å². The summed E-state index contributed by atoms with van der Waals surface area (Å²) in [5, 5.41) is 17.9. The van der Waals surface area contributed by atoms with E-state index < -0.39 is 0 Å². The highest BCUT2D eigenvalue weighted by molar-refractivity contribution is 7.22. The lowest BCUT2D eigenvalue weighted by atomic mass is 10.1. The minimum atomic E-state index is -0.382. The monoisotopic (exact) mass is 364 g/mol. The van der Waals surface area contributed by atoms with Crippen LogP contribution in [0.4, 0.5) is 0 Å². The van der Waals surface area contributed by atoms with Crippen molar-refractivity contribution in [3.8, 4) is 28.3 Å². The van der Waals surface area contributed by atoms with E-state index in [9.17, 15) is 10.1 Å². The minimum Gasteiger partial charge on any atom is -0.497 e. The second-order valence-corrected chi connectivity index (χ2v) is 6.83. The van der Waals surface area contributed by atoms with Gasteiger partial charge < -0.3 is 4.74 Å². The molecule has 26 heavy (non-hydrogen) atoms. The quantitative estimate of drug-likeness (QED) is 0.667. The Bertz CT molecular complexity index is 1050. The summed E-state index contributed by atoms with van der Waals surface area (Å²) in [5.41, 5.74) is 1.48. The molecular formula is C19H16N4O2S. The SMILES string of the molecule is COc1ccc(-c2cc3ncn(C[C@@H](C#N)CCC#N)c(=O)c3s2)cc1. The Hall–Kier alpha value is -3.16. The van der Waals surface area contributed by atoms with Crippen molar-refractivity contribution < 1.29 is 4.74 Å². The lowest BCUT2D eigenvalue weighted by Crippen LogP contribution is -2.23. The van der Waals surface area contributed by atoms with E-state index in [2.05, 4.69) is 11.1 Å². The van der Waals surface area contributed by atoms with Crippen molar-refractivity contribution in [1.82, 2.24) is 9.55 Å². The molecule has 130 valence electrons. The molecule has 0 saturated heterocycles. The summed E-state index contributed by atoms with van der Waals surface area (Å²) in [6.07, 6.45) is 2.22. The first kappa shape index (κ1) is 17.7. The van der Waals surface area contributed by atoms with E-state index in [0.717, 1.165) is 16.2 Å². The van der Waals surface area contributed by atoms with Crippen molar-refractivity contribution in [3.63, 3.8) is 0 Å². The Labute approximate surface area is 154 Å². The van der Waals surface area contributed by atoms with Gasteiger partial charge in [0, 0.05) is 17.8 Å². The first-order valence-electron chi connectivity index (χ1n) is 8.06.